The molecule has 1 amide bonds. The van der Waals surface area contributed by atoms with Gasteiger partial charge in [-0.3, -0.25) is 4.79 Å². The van der Waals surface area contributed by atoms with E-state index in [0.717, 1.165) is 12.2 Å². The molecule has 0 bridgehead atoms. The highest BCUT2D eigenvalue weighted by molar-refractivity contribution is 6.30. The molecule has 0 radical (unpaired) electrons. The van der Waals surface area contributed by atoms with E-state index in [9.17, 15) is 14.7 Å². The van der Waals surface area contributed by atoms with E-state index in [1.54, 1.807) is 48.5 Å². The third kappa shape index (κ3) is 5.59. The van der Waals surface area contributed by atoms with Crippen LogP contribution in [0.5, 0.6) is 0 Å². The van der Waals surface area contributed by atoms with E-state index in [2.05, 4.69) is 10.1 Å². The molecule has 0 fully saturated rings. The lowest BCUT2D eigenvalue weighted by Gasteiger charge is -2.25. The Balaban J connectivity index is 2.29. The lowest BCUT2D eigenvalue weighted by atomic mass is 9.95. The molecule has 136 valence electrons. The Hall–Kier alpha value is -2.34. The van der Waals surface area contributed by atoms with E-state index in [0.29, 0.717) is 21.2 Å². The number of benzene rings is 2. The van der Waals surface area contributed by atoms with Gasteiger partial charge >= 0.3 is 5.97 Å². The van der Waals surface area contributed by atoms with Crippen molar-refractivity contribution < 1.29 is 19.4 Å². The number of nitrogens with one attached hydrogen (secondary N) is 1. The molecule has 7 heteroatoms. The van der Waals surface area contributed by atoms with Crippen LogP contribution in [0.3, 0.4) is 0 Å². The molecule has 2 N–H and O–H groups in total. The highest BCUT2D eigenvalue weighted by Crippen LogP contribution is 2.30. The van der Waals surface area contributed by atoms with E-state index >= 15 is 0 Å². The average molecular weight is 394 g/mol. The fraction of sp³-hybridized carbons (Fsp3) is 0.158. The van der Waals surface area contributed by atoms with Crippen molar-refractivity contribution in [2.24, 2.45) is 0 Å². The van der Waals surface area contributed by atoms with Gasteiger partial charge in [0.05, 0.1) is 13.2 Å². The minimum atomic E-state index is -1.06. The smallest absolute Gasteiger partial charge is 0.330 e. The fourth-order valence-electron chi connectivity index (χ4n) is 2.31. The monoisotopic (exact) mass is 393 g/mol. The Kier molecular flexibility index (Phi) is 7.21. The maximum absolute atomic E-state index is 12.1. The molecule has 0 aliphatic carbocycles. The summed E-state index contributed by atoms with van der Waals surface area (Å²) in [6.07, 6.45) is 0.977. The number of carbonyl (C=O) groups is 2. The molecule has 0 saturated heterocycles. The Labute approximate surface area is 161 Å². The second-order valence-corrected chi connectivity index (χ2v) is 6.27. The molecule has 2 unspecified atom stereocenters. The van der Waals surface area contributed by atoms with Crippen molar-refractivity contribution in [3.8, 4) is 0 Å². The number of amides is 1. The van der Waals surface area contributed by atoms with Crippen molar-refractivity contribution in [1.82, 2.24) is 5.32 Å². The van der Waals surface area contributed by atoms with Gasteiger partial charge in [0.2, 0.25) is 5.91 Å². The van der Waals surface area contributed by atoms with Gasteiger partial charge in [-0.25, -0.2) is 4.79 Å². The third-order valence-corrected chi connectivity index (χ3v) is 4.09. The molecule has 0 aromatic heterocycles. The van der Waals surface area contributed by atoms with Gasteiger partial charge in [0.25, 0.3) is 0 Å². The normalized spacial score (nSPS) is 13.2. The maximum atomic E-state index is 12.1. The minimum absolute atomic E-state index is 0.466. The van der Waals surface area contributed by atoms with Crippen LogP contribution < -0.4 is 5.32 Å². The average Bonchev–Trinajstić information content (AvgIpc) is 2.64. The topological polar surface area (TPSA) is 75.6 Å². The lowest BCUT2D eigenvalue weighted by Crippen LogP contribution is -2.31. The van der Waals surface area contributed by atoms with Crippen LogP contribution in [0.4, 0.5) is 0 Å². The van der Waals surface area contributed by atoms with Gasteiger partial charge in [0.1, 0.15) is 6.10 Å². The summed E-state index contributed by atoms with van der Waals surface area (Å²) >= 11 is 11.9. The number of methoxy groups -OCH3 is 1. The van der Waals surface area contributed by atoms with Crippen LogP contribution in [0.15, 0.2) is 60.7 Å². The number of rotatable bonds is 6. The van der Waals surface area contributed by atoms with Crippen LogP contribution in [0, 0.1) is 0 Å². The number of hydrogen-bond acceptors (Lipinski definition) is 4. The summed E-state index contributed by atoms with van der Waals surface area (Å²) in [5, 5.41) is 14.5. The Bertz CT molecular complexity index is 805. The number of carbonyl (C=O) groups excluding carboxylic acids is 2. The molecule has 0 heterocycles. The van der Waals surface area contributed by atoms with Gasteiger partial charge in [-0.15, -0.1) is 0 Å². The maximum Gasteiger partial charge on any atom is 0.330 e. The SMILES string of the molecule is COC(=O)C=CC(=O)NC(c1ccc(Cl)cc1)C(O)c1cccc(Cl)c1. The minimum Gasteiger partial charge on any atom is -0.466 e. The molecule has 2 rings (SSSR count). The molecule has 0 spiro atoms. The highest BCUT2D eigenvalue weighted by Gasteiger charge is 2.24. The standard InChI is InChI=1S/C19H17Cl2NO4/c1-26-17(24)10-9-16(23)22-18(12-5-7-14(20)8-6-12)19(25)13-3-2-4-15(21)11-13/h2-11,18-19,25H,1H3,(H,22,23). The Morgan fingerprint density at radius 3 is 2.35 bits per heavy atom. The molecule has 0 saturated carbocycles. The molecule has 0 aliphatic rings. The first-order chi connectivity index (χ1) is 12.4. The lowest BCUT2D eigenvalue weighted by molar-refractivity contribution is -0.135. The van der Waals surface area contributed by atoms with E-state index < -0.39 is 24.0 Å². The van der Waals surface area contributed by atoms with Crippen molar-refractivity contribution in [2.45, 2.75) is 12.1 Å². The van der Waals surface area contributed by atoms with Crippen LogP contribution in [0.1, 0.15) is 23.3 Å². The van der Waals surface area contributed by atoms with Crippen LogP contribution in [-0.4, -0.2) is 24.1 Å². The van der Waals surface area contributed by atoms with Crippen LogP contribution in [0.2, 0.25) is 10.0 Å². The quantitative estimate of drug-likeness (QED) is 0.580. The second-order valence-electron chi connectivity index (χ2n) is 5.39. The van der Waals surface area contributed by atoms with Gasteiger partial charge in [0, 0.05) is 22.2 Å². The summed E-state index contributed by atoms with van der Waals surface area (Å²) in [6.45, 7) is 0. The summed E-state index contributed by atoms with van der Waals surface area (Å²) in [6, 6.07) is 12.7. The Morgan fingerprint density at radius 1 is 1.04 bits per heavy atom. The van der Waals surface area contributed by atoms with Crippen LogP contribution in [-0.2, 0) is 14.3 Å². The molecule has 0 aliphatic heterocycles. The van der Waals surface area contributed by atoms with Gasteiger partial charge in [0.15, 0.2) is 0 Å². The van der Waals surface area contributed by atoms with E-state index in [1.165, 1.54) is 7.11 Å². The highest BCUT2D eigenvalue weighted by atomic mass is 35.5. The molecular formula is C19H17Cl2NO4. The zero-order valence-electron chi connectivity index (χ0n) is 13.9. The van der Waals surface area contributed by atoms with Crippen LogP contribution in [0.25, 0.3) is 0 Å². The van der Waals surface area contributed by atoms with Crippen molar-refractivity contribution in [3.05, 3.63) is 81.9 Å². The van der Waals surface area contributed by atoms with Crippen molar-refractivity contribution >= 4 is 35.1 Å². The molecule has 2 atom stereocenters. The number of halogens is 2. The summed E-state index contributed by atoms with van der Waals surface area (Å²) in [7, 11) is 1.21. The number of aliphatic hydroxyl groups is 1. The number of aliphatic hydroxyl groups excluding tert-OH is 1. The van der Waals surface area contributed by atoms with E-state index in [1.807, 2.05) is 0 Å². The number of ether oxygens (including phenoxy) is 1. The Morgan fingerprint density at radius 2 is 1.73 bits per heavy atom. The molecular weight excluding hydrogens is 377 g/mol. The van der Waals surface area contributed by atoms with Crippen molar-refractivity contribution in [3.63, 3.8) is 0 Å². The molecule has 2 aromatic carbocycles. The van der Waals surface area contributed by atoms with Crippen LogP contribution >= 0.6 is 23.2 Å². The predicted octanol–water partition coefficient (Wildman–Crippen LogP) is 3.61. The second kappa shape index (κ2) is 9.38. The molecule has 2 aromatic rings. The summed E-state index contributed by atoms with van der Waals surface area (Å²) in [4.78, 5) is 23.3. The molecule has 26 heavy (non-hydrogen) atoms. The van der Waals surface area contributed by atoms with Gasteiger partial charge < -0.3 is 15.2 Å². The predicted molar refractivity (Wildman–Crippen MR) is 99.9 cm³/mol. The largest absolute Gasteiger partial charge is 0.466 e. The van der Waals surface area contributed by atoms with Crippen molar-refractivity contribution in [1.29, 1.82) is 0 Å². The summed E-state index contributed by atoms with van der Waals surface area (Å²) < 4.78 is 4.45. The number of esters is 1. The molecule has 5 nitrogen and oxygen atoms in total. The number of hydrogen-bond donors (Lipinski definition) is 2. The van der Waals surface area contributed by atoms with Crippen molar-refractivity contribution in [2.75, 3.05) is 7.11 Å². The summed E-state index contributed by atoms with van der Waals surface area (Å²) in [5.41, 5.74) is 1.18. The van der Waals surface area contributed by atoms with E-state index in [4.69, 9.17) is 23.2 Å². The van der Waals surface area contributed by atoms with Gasteiger partial charge in [-0.2, -0.15) is 0 Å². The fourth-order valence-corrected chi connectivity index (χ4v) is 2.64. The first kappa shape index (κ1) is 20.0. The van der Waals surface area contributed by atoms with Gasteiger partial charge in [-0.1, -0.05) is 47.5 Å². The summed E-state index contributed by atoms with van der Waals surface area (Å²) in [5.74, 6) is -1.21. The first-order valence-electron chi connectivity index (χ1n) is 7.66. The third-order valence-electron chi connectivity index (χ3n) is 3.60. The van der Waals surface area contributed by atoms with Gasteiger partial charge in [-0.05, 0) is 35.4 Å². The van der Waals surface area contributed by atoms with E-state index in [-0.39, 0.29) is 0 Å². The zero-order chi connectivity index (χ0) is 19.1. The zero-order valence-corrected chi connectivity index (χ0v) is 15.4. The first-order valence-corrected chi connectivity index (χ1v) is 8.42.